The van der Waals surface area contributed by atoms with Gasteiger partial charge < -0.3 is 5.32 Å². The lowest BCUT2D eigenvalue weighted by Crippen LogP contribution is -2.26. The van der Waals surface area contributed by atoms with Crippen LogP contribution in [0.2, 0.25) is 0 Å². The van der Waals surface area contributed by atoms with Gasteiger partial charge in [-0.2, -0.15) is 0 Å². The second kappa shape index (κ2) is 7.77. The third-order valence-electron chi connectivity index (χ3n) is 4.03. The van der Waals surface area contributed by atoms with E-state index in [1.165, 1.54) is 22.3 Å². The Hall–Kier alpha value is -2.35. The summed E-state index contributed by atoms with van der Waals surface area (Å²) in [6.45, 7) is 8.32. The van der Waals surface area contributed by atoms with Crippen LogP contribution in [0.4, 0.5) is 0 Å². The summed E-state index contributed by atoms with van der Waals surface area (Å²) in [7, 11) is 0. The highest BCUT2D eigenvalue weighted by atomic mass is 16.1. The molecule has 0 aliphatic carbocycles. The van der Waals surface area contributed by atoms with Crippen LogP contribution in [-0.4, -0.2) is 5.91 Å². The summed E-state index contributed by atoms with van der Waals surface area (Å²) in [4.78, 5) is 12.2. The first kappa shape index (κ1) is 17.0. The minimum absolute atomic E-state index is 0.0470. The van der Waals surface area contributed by atoms with Crippen molar-refractivity contribution in [2.45, 2.75) is 40.2 Å². The largest absolute Gasteiger partial charge is 0.346 e. The minimum atomic E-state index is -0.0580. The number of aryl methyl sites for hydroxylation is 3. The van der Waals surface area contributed by atoms with Gasteiger partial charge in [0.1, 0.15) is 0 Å². The summed E-state index contributed by atoms with van der Waals surface area (Å²) in [6, 6.07) is 14.5. The molecule has 0 aromatic heterocycles. The number of rotatable bonds is 5. The molecule has 0 radical (unpaired) electrons. The van der Waals surface area contributed by atoms with Crippen molar-refractivity contribution >= 4 is 12.0 Å². The molecule has 1 atom stereocenters. The lowest BCUT2D eigenvalue weighted by Gasteiger charge is -2.19. The predicted octanol–water partition coefficient (Wildman–Crippen LogP) is 4.89. The van der Waals surface area contributed by atoms with E-state index in [0.717, 1.165) is 12.0 Å². The van der Waals surface area contributed by atoms with E-state index in [4.69, 9.17) is 0 Å². The van der Waals surface area contributed by atoms with Crippen molar-refractivity contribution in [2.24, 2.45) is 0 Å². The standard InChI is InChI=1S/C21H25NO/c1-5-20(19-12-8-16(3)14-17(19)4)22-21(23)13-11-18-9-6-15(2)7-10-18/h6-14,20H,5H2,1-4H3,(H,22,23)/b13-11+. The molecule has 1 amide bonds. The van der Waals surface area contributed by atoms with Gasteiger partial charge in [-0.1, -0.05) is 60.5 Å². The van der Waals surface area contributed by atoms with Gasteiger partial charge in [-0.25, -0.2) is 0 Å². The molecule has 0 aliphatic rings. The Kier molecular flexibility index (Phi) is 5.75. The molecule has 2 nitrogen and oxygen atoms in total. The fraction of sp³-hybridized carbons (Fsp3) is 0.286. The summed E-state index contributed by atoms with van der Waals surface area (Å²) < 4.78 is 0. The van der Waals surface area contributed by atoms with Crippen LogP contribution >= 0.6 is 0 Å². The molecule has 120 valence electrons. The molecule has 0 spiro atoms. The molecule has 0 aliphatic heterocycles. The van der Waals surface area contributed by atoms with Gasteiger partial charge in [0.2, 0.25) is 5.91 Å². The Labute approximate surface area is 139 Å². The van der Waals surface area contributed by atoms with E-state index in [1.807, 2.05) is 30.3 Å². The number of hydrogen-bond acceptors (Lipinski definition) is 1. The van der Waals surface area contributed by atoms with E-state index < -0.39 is 0 Å². The average Bonchev–Trinajstić information content (AvgIpc) is 2.52. The molecule has 2 aromatic rings. The molecule has 2 heteroatoms. The summed E-state index contributed by atoms with van der Waals surface area (Å²) in [5.74, 6) is -0.0580. The second-order valence-electron chi connectivity index (χ2n) is 6.07. The zero-order valence-corrected chi connectivity index (χ0v) is 14.4. The van der Waals surface area contributed by atoms with E-state index in [1.54, 1.807) is 6.08 Å². The van der Waals surface area contributed by atoms with Gasteiger partial charge in [-0.05, 0) is 50.0 Å². The summed E-state index contributed by atoms with van der Waals surface area (Å²) in [5.41, 5.74) is 5.90. The minimum Gasteiger partial charge on any atom is -0.346 e. The van der Waals surface area contributed by atoms with Crippen molar-refractivity contribution < 1.29 is 4.79 Å². The van der Waals surface area contributed by atoms with Crippen molar-refractivity contribution in [2.75, 3.05) is 0 Å². The first-order chi connectivity index (χ1) is 11.0. The SMILES string of the molecule is CCC(NC(=O)/C=C/c1ccc(C)cc1)c1ccc(C)cc1C. The second-order valence-corrected chi connectivity index (χ2v) is 6.07. The van der Waals surface area contributed by atoms with Crippen molar-refractivity contribution in [3.05, 3.63) is 76.4 Å². The van der Waals surface area contributed by atoms with E-state index >= 15 is 0 Å². The summed E-state index contributed by atoms with van der Waals surface area (Å²) in [6.07, 6.45) is 4.33. The highest BCUT2D eigenvalue weighted by Crippen LogP contribution is 2.21. The van der Waals surface area contributed by atoms with Crippen molar-refractivity contribution in [3.8, 4) is 0 Å². The number of carbonyl (C=O) groups is 1. The zero-order chi connectivity index (χ0) is 16.8. The number of hydrogen-bond donors (Lipinski definition) is 1. The van der Waals surface area contributed by atoms with Crippen LogP contribution in [0, 0.1) is 20.8 Å². The first-order valence-corrected chi connectivity index (χ1v) is 8.12. The quantitative estimate of drug-likeness (QED) is 0.783. The van der Waals surface area contributed by atoms with E-state index in [2.05, 4.69) is 51.2 Å². The fourth-order valence-corrected chi connectivity index (χ4v) is 2.69. The molecule has 2 aromatic carbocycles. The number of benzene rings is 2. The molecule has 0 saturated heterocycles. The molecular formula is C21H25NO. The smallest absolute Gasteiger partial charge is 0.244 e. The number of nitrogens with one attached hydrogen (secondary N) is 1. The van der Waals surface area contributed by atoms with Crippen molar-refractivity contribution in [3.63, 3.8) is 0 Å². The maximum atomic E-state index is 12.2. The average molecular weight is 307 g/mol. The van der Waals surface area contributed by atoms with Gasteiger partial charge >= 0.3 is 0 Å². The predicted molar refractivity (Wildman–Crippen MR) is 97.3 cm³/mol. The Morgan fingerprint density at radius 3 is 2.30 bits per heavy atom. The summed E-state index contributed by atoms with van der Waals surface area (Å²) >= 11 is 0. The Balaban J connectivity index is 2.06. The van der Waals surface area contributed by atoms with Crippen LogP contribution < -0.4 is 5.32 Å². The Morgan fingerprint density at radius 2 is 1.70 bits per heavy atom. The summed E-state index contributed by atoms with van der Waals surface area (Å²) in [5, 5.41) is 3.10. The molecule has 0 heterocycles. The first-order valence-electron chi connectivity index (χ1n) is 8.12. The van der Waals surface area contributed by atoms with Gasteiger partial charge in [0.25, 0.3) is 0 Å². The number of carbonyl (C=O) groups excluding carboxylic acids is 1. The van der Waals surface area contributed by atoms with Gasteiger partial charge in [-0.3, -0.25) is 4.79 Å². The van der Waals surface area contributed by atoms with Crippen molar-refractivity contribution in [1.29, 1.82) is 0 Å². The van der Waals surface area contributed by atoms with E-state index in [9.17, 15) is 4.79 Å². The fourth-order valence-electron chi connectivity index (χ4n) is 2.69. The lowest BCUT2D eigenvalue weighted by molar-refractivity contribution is -0.117. The van der Waals surface area contributed by atoms with Crippen LogP contribution in [0.3, 0.4) is 0 Å². The molecule has 2 rings (SSSR count). The van der Waals surface area contributed by atoms with Crippen LogP contribution in [0.1, 0.15) is 47.2 Å². The van der Waals surface area contributed by atoms with Crippen LogP contribution in [0.25, 0.3) is 6.08 Å². The molecule has 0 saturated carbocycles. The van der Waals surface area contributed by atoms with Gasteiger partial charge in [0, 0.05) is 6.08 Å². The number of amides is 1. The van der Waals surface area contributed by atoms with E-state index in [0.29, 0.717) is 0 Å². The molecular weight excluding hydrogens is 282 g/mol. The maximum Gasteiger partial charge on any atom is 0.244 e. The highest BCUT2D eigenvalue weighted by molar-refractivity contribution is 5.92. The molecule has 0 bridgehead atoms. The Bertz CT molecular complexity index is 698. The normalized spacial score (nSPS) is 12.3. The third kappa shape index (κ3) is 4.82. The maximum absolute atomic E-state index is 12.2. The molecule has 0 fully saturated rings. The van der Waals surface area contributed by atoms with Crippen LogP contribution in [0.5, 0.6) is 0 Å². The van der Waals surface area contributed by atoms with Crippen LogP contribution in [-0.2, 0) is 4.79 Å². The Morgan fingerprint density at radius 1 is 1.04 bits per heavy atom. The zero-order valence-electron chi connectivity index (χ0n) is 14.4. The van der Waals surface area contributed by atoms with Crippen LogP contribution in [0.15, 0.2) is 48.5 Å². The third-order valence-corrected chi connectivity index (χ3v) is 4.03. The van der Waals surface area contributed by atoms with Gasteiger partial charge in [0.05, 0.1) is 6.04 Å². The molecule has 23 heavy (non-hydrogen) atoms. The lowest BCUT2D eigenvalue weighted by atomic mass is 9.97. The topological polar surface area (TPSA) is 29.1 Å². The van der Waals surface area contributed by atoms with E-state index in [-0.39, 0.29) is 11.9 Å². The molecule has 1 N–H and O–H groups in total. The molecule has 1 unspecified atom stereocenters. The van der Waals surface area contributed by atoms with Gasteiger partial charge in [0.15, 0.2) is 0 Å². The monoisotopic (exact) mass is 307 g/mol. The van der Waals surface area contributed by atoms with Crippen molar-refractivity contribution in [1.82, 2.24) is 5.32 Å². The highest BCUT2D eigenvalue weighted by Gasteiger charge is 2.13. The van der Waals surface area contributed by atoms with Gasteiger partial charge in [-0.15, -0.1) is 0 Å².